The molecule has 2 atom stereocenters. The number of hydrogen-bond donors (Lipinski definition) is 1. The lowest BCUT2D eigenvalue weighted by Crippen LogP contribution is -2.45. The minimum Gasteiger partial charge on any atom is -0.385 e. The lowest BCUT2D eigenvalue weighted by molar-refractivity contribution is -0.0634. The van der Waals surface area contributed by atoms with Gasteiger partial charge in [-0.3, -0.25) is 0 Å². The van der Waals surface area contributed by atoms with Gasteiger partial charge < -0.3 is 19.3 Å². The third kappa shape index (κ3) is 3.56. The molecule has 26 heavy (non-hydrogen) atoms. The van der Waals surface area contributed by atoms with Crippen LogP contribution in [-0.2, 0) is 17.4 Å². The molecule has 1 aromatic heterocycles. The largest absolute Gasteiger partial charge is 0.385 e. The van der Waals surface area contributed by atoms with Crippen LogP contribution in [0.2, 0.25) is 0 Å². The Hall–Kier alpha value is -1.69. The van der Waals surface area contributed by atoms with E-state index in [4.69, 9.17) is 4.74 Å². The van der Waals surface area contributed by atoms with Gasteiger partial charge in [0.1, 0.15) is 11.9 Å². The Labute approximate surface area is 155 Å². The van der Waals surface area contributed by atoms with E-state index in [0.717, 1.165) is 56.9 Å². The molecule has 0 saturated carbocycles. The minimum atomic E-state index is -0.681. The topological polar surface area (TPSA) is 50.5 Å². The maximum absolute atomic E-state index is 11.0. The highest BCUT2D eigenvalue weighted by atomic mass is 16.5. The van der Waals surface area contributed by atoms with Crippen LogP contribution in [0, 0.1) is 5.92 Å². The first-order valence-electron chi connectivity index (χ1n) is 9.75. The number of rotatable bonds is 4. The molecule has 1 aromatic carbocycles. The van der Waals surface area contributed by atoms with Gasteiger partial charge in [0.2, 0.25) is 0 Å². The first-order chi connectivity index (χ1) is 12.7. The molecule has 0 unspecified atom stereocenters. The molecule has 0 radical (unpaired) electrons. The van der Waals surface area contributed by atoms with Crippen LogP contribution in [0.3, 0.4) is 0 Å². The van der Waals surface area contributed by atoms with Crippen molar-refractivity contribution in [1.29, 1.82) is 0 Å². The molecule has 2 aliphatic rings. The molecule has 5 heteroatoms. The van der Waals surface area contributed by atoms with E-state index in [1.165, 1.54) is 6.42 Å². The number of piperidine rings is 1. The number of imidazole rings is 1. The highest BCUT2D eigenvalue weighted by Gasteiger charge is 2.37. The van der Waals surface area contributed by atoms with E-state index in [1.807, 2.05) is 49.8 Å². The number of benzene rings is 1. The van der Waals surface area contributed by atoms with Gasteiger partial charge in [0.25, 0.3) is 0 Å². The maximum Gasteiger partial charge on any atom is 0.137 e. The summed E-state index contributed by atoms with van der Waals surface area (Å²) in [6.45, 7) is 3.69. The Morgan fingerprint density at radius 1 is 1.23 bits per heavy atom. The molecular formula is C21H29N3O2. The van der Waals surface area contributed by atoms with Crippen molar-refractivity contribution in [3.63, 3.8) is 0 Å². The van der Waals surface area contributed by atoms with E-state index in [1.54, 1.807) is 0 Å². The van der Waals surface area contributed by atoms with Crippen LogP contribution in [0.1, 0.15) is 43.2 Å². The molecule has 3 heterocycles. The van der Waals surface area contributed by atoms with Gasteiger partial charge in [0.15, 0.2) is 0 Å². The molecule has 140 valence electrons. The summed E-state index contributed by atoms with van der Waals surface area (Å²) < 4.78 is 8.18. The Bertz CT molecular complexity index is 707. The van der Waals surface area contributed by atoms with E-state index in [9.17, 15) is 5.11 Å². The molecule has 0 amide bonds. The number of aryl methyl sites for hydroxylation is 1. The summed E-state index contributed by atoms with van der Waals surface area (Å²) in [5, 5.41) is 11.0. The van der Waals surface area contributed by atoms with Crippen molar-refractivity contribution in [1.82, 2.24) is 14.5 Å². The summed E-state index contributed by atoms with van der Waals surface area (Å²) in [5.41, 5.74) is 0.367. The molecule has 0 aliphatic carbocycles. The van der Waals surface area contributed by atoms with Gasteiger partial charge in [-0.15, -0.1) is 0 Å². The monoisotopic (exact) mass is 355 g/mol. The molecule has 0 spiro atoms. The number of likely N-dealkylation sites (tertiary alicyclic amines) is 1. The van der Waals surface area contributed by atoms with Crippen LogP contribution in [-0.4, -0.2) is 45.8 Å². The fourth-order valence-electron chi connectivity index (χ4n) is 4.44. The van der Waals surface area contributed by atoms with Crippen LogP contribution in [0.4, 0.5) is 0 Å². The van der Waals surface area contributed by atoms with Gasteiger partial charge in [-0.1, -0.05) is 30.3 Å². The zero-order chi connectivity index (χ0) is 18.0. The first kappa shape index (κ1) is 17.7. The van der Waals surface area contributed by atoms with Crippen molar-refractivity contribution in [2.45, 2.75) is 37.4 Å². The lowest BCUT2D eigenvalue weighted by Gasteiger charge is -2.41. The summed E-state index contributed by atoms with van der Waals surface area (Å²) in [6, 6.07) is 10.1. The van der Waals surface area contributed by atoms with E-state index in [0.29, 0.717) is 5.92 Å². The summed E-state index contributed by atoms with van der Waals surface area (Å²) in [6.07, 6.45) is 7.80. The van der Waals surface area contributed by atoms with Crippen LogP contribution < -0.4 is 0 Å². The van der Waals surface area contributed by atoms with Crippen molar-refractivity contribution < 1.29 is 9.84 Å². The molecule has 0 bridgehead atoms. The Morgan fingerprint density at radius 3 is 2.69 bits per heavy atom. The normalized spacial score (nSPS) is 26.7. The zero-order valence-corrected chi connectivity index (χ0v) is 15.6. The van der Waals surface area contributed by atoms with Crippen LogP contribution in [0.5, 0.6) is 0 Å². The van der Waals surface area contributed by atoms with Crippen LogP contribution in [0.25, 0.3) is 0 Å². The van der Waals surface area contributed by atoms with Crippen molar-refractivity contribution in [2.24, 2.45) is 13.0 Å². The van der Waals surface area contributed by atoms with Crippen LogP contribution in [0.15, 0.2) is 42.7 Å². The minimum absolute atomic E-state index is 0.0821. The lowest BCUT2D eigenvalue weighted by atomic mass is 9.83. The number of nitrogens with zero attached hydrogens (tertiary/aromatic N) is 3. The molecule has 2 aliphatic heterocycles. The van der Waals surface area contributed by atoms with Gasteiger partial charge in [-0.05, 0) is 31.2 Å². The number of hydrogen-bond acceptors (Lipinski definition) is 4. The van der Waals surface area contributed by atoms with Gasteiger partial charge >= 0.3 is 0 Å². The highest BCUT2D eigenvalue weighted by molar-refractivity contribution is 5.23. The molecular weight excluding hydrogens is 326 g/mol. The molecule has 1 N–H and O–H groups in total. The average Bonchev–Trinajstić information content (AvgIpc) is 3.11. The molecule has 5 nitrogen and oxygen atoms in total. The third-order valence-electron chi connectivity index (χ3n) is 6.04. The maximum atomic E-state index is 11.0. The Balaban J connectivity index is 1.39. The SMILES string of the molecule is Cn1ccnc1[C@@H]1OCCC[C@H]1CN1CCC(O)(c2ccccc2)CC1. The number of aromatic nitrogens is 2. The second-order valence-corrected chi connectivity index (χ2v) is 7.79. The smallest absolute Gasteiger partial charge is 0.137 e. The summed E-state index contributed by atoms with van der Waals surface area (Å²) in [7, 11) is 2.04. The Morgan fingerprint density at radius 2 is 2.00 bits per heavy atom. The van der Waals surface area contributed by atoms with Crippen molar-refractivity contribution in [3.8, 4) is 0 Å². The molecule has 2 fully saturated rings. The van der Waals surface area contributed by atoms with Crippen LogP contribution >= 0.6 is 0 Å². The standard InChI is InChI=1S/C21H29N3O2/c1-23-14-11-22-20(23)19-17(6-5-15-26-19)16-24-12-9-21(25,10-13-24)18-7-3-2-4-8-18/h2-4,7-8,11,14,17,19,25H,5-6,9-10,12-13,15-16H2,1H3/t17-,19+/m0/s1. The van der Waals surface area contributed by atoms with Crippen molar-refractivity contribution >= 4 is 0 Å². The summed E-state index contributed by atoms with van der Waals surface area (Å²) >= 11 is 0. The fourth-order valence-corrected chi connectivity index (χ4v) is 4.44. The Kier molecular flexibility index (Phi) is 5.11. The summed E-state index contributed by atoms with van der Waals surface area (Å²) in [5.74, 6) is 1.50. The third-order valence-corrected chi connectivity index (χ3v) is 6.04. The van der Waals surface area contributed by atoms with Gasteiger partial charge in [-0.25, -0.2) is 4.98 Å². The van der Waals surface area contributed by atoms with Gasteiger partial charge in [0.05, 0.1) is 5.60 Å². The molecule has 2 saturated heterocycles. The van der Waals surface area contributed by atoms with E-state index < -0.39 is 5.60 Å². The average molecular weight is 355 g/mol. The predicted molar refractivity (Wildman–Crippen MR) is 101 cm³/mol. The second kappa shape index (κ2) is 7.51. The van der Waals surface area contributed by atoms with E-state index in [-0.39, 0.29) is 6.10 Å². The predicted octanol–water partition coefficient (Wildman–Crippen LogP) is 2.87. The molecule has 2 aromatic rings. The van der Waals surface area contributed by atoms with Gasteiger partial charge in [0, 0.05) is 51.6 Å². The summed E-state index contributed by atoms with van der Waals surface area (Å²) in [4.78, 5) is 7.02. The van der Waals surface area contributed by atoms with Crippen molar-refractivity contribution in [3.05, 3.63) is 54.1 Å². The molecule has 4 rings (SSSR count). The highest BCUT2D eigenvalue weighted by Crippen LogP contribution is 2.36. The quantitative estimate of drug-likeness (QED) is 0.916. The number of ether oxygens (including phenoxy) is 1. The van der Waals surface area contributed by atoms with Gasteiger partial charge in [-0.2, -0.15) is 0 Å². The fraction of sp³-hybridized carbons (Fsp3) is 0.571. The first-order valence-corrected chi connectivity index (χ1v) is 9.75. The zero-order valence-electron chi connectivity index (χ0n) is 15.6. The van der Waals surface area contributed by atoms with Crippen molar-refractivity contribution in [2.75, 3.05) is 26.2 Å². The number of aliphatic hydroxyl groups is 1. The van der Waals surface area contributed by atoms with E-state index in [2.05, 4.69) is 14.5 Å². The van der Waals surface area contributed by atoms with E-state index >= 15 is 0 Å². The second-order valence-electron chi connectivity index (χ2n) is 7.79.